The highest BCUT2D eigenvalue weighted by Crippen LogP contribution is 2.30. The number of hydrogen-bond donors (Lipinski definition) is 1. The van der Waals surface area contributed by atoms with E-state index in [-0.39, 0.29) is 5.91 Å². The van der Waals surface area contributed by atoms with Crippen LogP contribution in [0.1, 0.15) is 68.0 Å². The lowest BCUT2D eigenvalue weighted by Crippen LogP contribution is -2.45. The summed E-state index contributed by atoms with van der Waals surface area (Å²) in [7, 11) is 0. The van der Waals surface area contributed by atoms with Crippen LogP contribution in [0.4, 0.5) is 0 Å². The molecule has 1 amide bonds. The lowest BCUT2D eigenvalue weighted by Gasteiger charge is -2.32. The normalized spacial score (nSPS) is 21.3. The third kappa shape index (κ3) is 3.94. The molecular formula is C18H30N4O. The molecule has 1 atom stereocenters. The van der Waals surface area contributed by atoms with E-state index in [1.807, 2.05) is 11.6 Å². The zero-order valence-electron chi connectivity index (χ0n) is 14.7. The maximum Gasteiger partial charge on any atom is 0.254 e. The molecule has 0 spiro atoms. The van der Waals surface area contributed by atoms with Gasteiger partial charge in [0.05, 0.1) is 11.8 Å². The molecular weight excluding hydrogens is 288 g/mol. The number of amides is 1. The quantitative estimate of drug-likeness (QED) is 0.877. The van der Waals surface area contributed by atoms with E-state index in [0.29, 0.717) is 12.1 Å². The molecule has 23 heavy (non-hydrogen) atoms. The molecule has 2 aliphatic rings. The average Bonchev–Trinajstić information content (AvgIpc) is 3.28. The number of aromatic nitrogens is 2. The van der Waals surface area contributed by atoms with Crippen LogP contribution < -0.4 is 5.32 Å². The molecule has 1 aliphatic carbocycles. The Morgan fingerprint density at radius 2 is 2.04 bits per heavy atom. The van der Waals surface area contributed by atoms with Crippen LogP contribution in [-0.4, -0.2) is 46.3 Å². The fourth-order valence-electron chi connectivity index (χ4n) is 3.45. The summed E-state index contributed by atoms with van der Waals surface area (Å²) in [5, 5.41) is 7.62. The van der Waals surface area contributed by atoms with Gasteiger partial charge in [-0.05, 0) is 51.9 Å². The number of carbonyl (C=O) groups is 1. The van der Waals surface area contributed by atoms with Crippen molar-refractivity contribution in [3.8, 4) is 0 Å². The highest BCUT2D eigenvalue weighted by atomic mass is 16.1. The van der Waals surface area contributed by atoms with E-state index in [4.69, 9.17) is 0 Å². The lowest BCUT2D eigenvalue weighted by atomic mass is 10.0. The zero-order chi connectivity index (χ0) is 16.4. The van der Waals surface area contributed by atoms with Gasteiger partial charge in [0.2, 0.25) is 0 Å². The van der Waals surface area contributed by atoms with Crippen molar-refractivity contribution in [2.45, 2.75) is 65.0 Å². The van der Waals surface area contributed by atoms with Crippen LogP contribution in [0.15, 0.2) is 6.20 Å². The molecule has 3 rings (SSSR count). The average molecular weight is 318 g/mol. The molecule has 0 radical (unpaired) electrons. The largest absolute Gasteiger partial charge is 0.349 e. The highest BCUT2D eigenvalue weighted by molar-refractivity contribution is 5.95. The van der Waals surface area contributed by atoms with E-state index in [9.17, 15) is 4.79 Å². The Hall–Kier alpha value is -1.36. The molecule has 0 aromatic carbocycles. The lowest BCUT2D eigenvalue weighted by molar-refractivity contribution is 0.0909. The number of carbonyl (C=O) groups excluding carboxylic acids is 1. The second-order valence-electron chi connectivity index (χ2n) is 7.34. The van der Waals surface area contributed by atoms with Crippen LogP contribution in [0.5, 0.6) is 0 Å². The summed E-state index contributed by atoms with van der Waals surface area (Å²) in [5.41, 5.74) is 1.70. The smallest absolute Gasteiger partial charge is 0.254 e. The van der Waals surface area contributed by atoms with Crippen molar-refractivity contribution in [2.24, 2.45) is 5.92 Å². The molecule has 5 heteroatoms. The molecule has 1 saturated carbocycles. The van der Waals surface area contributed by atoms with E-state index < -0.39 is 0 Å². The molecule has 1 aromatic rings. The highest BCUT2D eigenvalue weighted by Gasteiger charge is 2.28. The first-order valence-electron chi connectivity index (χ1n) is 9.15. The number of likely N-dealkylation sites (tertiary alicyclic amines) is 1. The maximum absolute atomic E-state index is 12.5. The van der Waals surface area contributed by atoms with E-state index in [1.165, 1.54) is 19.4 Å². The van der Waals surface area contributed by atoms with E-state index >= 15 is 0 Å². The van der Waals surface area contributed by atoms with Crippen molar-refractivity contribution in [1.29, 1.82) is 0 Å². The van der Waals surface area contributed by atoms with Crippen molar-refractivity contribution in [2.75, 3.05) is 19.6 Å². The summed E-state index contributed by atoms with van der Waals surface area (Å²) in [4.78, 5) is 15.1. The standard InChI is InChI=1S/C18H30N4O/c1-4-13(2)22-14(3)17(11-19-22)18(23)20-16-7-9-21(10-8-16)12-15-5-6-15/h11,13,15-16H,4-10,12H2,1-3H3,(H,20,23). The van der Waals surface area contributed by atoms with Crippen molar-refractivity contribution >= 4 is 5.91 Å². The summed E-state index contributed by atoms with van der Waals surface area (Å²) in [6, 6.07) is 0.645. The van der Waals surface area contributed by atoms with Gasteiger partial charge in [0.1, 0.15) is 0 Å². The fraction of sp³-hybridized carbons (Fsp3) is 0.778. The number of rotatable bonds is 6. The Labute approximate surface area is 139 Å². The number of nitrogens with zero attached hydrogens (tertiary/aromatic N) is 3. The molecule has 1 saturated heterocycles. The molecule has 2 heterocycles. The van der Waals surface area contributed by atoms with Gasteiger partial charge < -0.3 is 10.2 Å². The van der Waals surface area contributed by atoms with Crippen LogP contribution in [0, 0.1) is 12.8 Å². The Bertz CT molecular complexity index is 541. The predicted octanol–water partition coefficient (Wildman–Crippen LogP) is 2.77. The number of hydrogen-bond acceptors (Lipinski definition) is 3. The first-order chi connectivity index (χ1) is 11.1. The molecule has 1 unspecified atom stereocenters. The Morgan fingerprint density at radius 3 is 2.65 bits per heavy atom. The predicted molar refractivity (Wildman–Crippen MR) is 91.6 cm³/mol. The monoisotopic (exact) mass is 318 g/mol. The molecule has 1 aromatic heterocycles. The van der Waals surface area contributed by atoms with Gasteiger partial charge in [-0.2, -0.15) is 5.10 Å². The van der Waals surface area contributed by atoms with Crippen LogP contribution in [0.2, 0.25) is 0 Å². The third-order valence-electron chi connectivity index (χ3n) is 5.43. The minimum absolute atomic E-state index is 0.0395. The first kappa shape index (κ1) is 16.5. The number of nitrogens with one attached hydrogen (secondary N) is 1. The Kier molecular flexibility index (Phi) is 5.05. The van der Waals surface area contributed by atoms with Gasteiger partial charge in [0.15, 0.2) is 0 Å². The molecule has 2 fully saturated rings. The van der Waals surface area contributed by atoms with E-state index in [1.54, 1.807) is 6.20 Å². The van der Waals surface area contributed by atoms with Gasteiger partial charge in [-0.25, -0.2) is 0 Å². The molecule has 1 N–H and O–H groups in total. The summed E-state index contributed by atoms with van der Waals surface area (Å²) in [6.45, 7) is 9.77. The minimum Gasteiger partial charge on any atom is -0.349 e. The van der Waals surface area contributed by atoms with Gasteiger partial charge in [0, 0.05) is 37.4 Å². The summed E-state index contributed by atoms with van der Waals surface area (Å²) < 4.78 is 1.97. The van der Waals surface area contributed by atoms with Crippen LogP contribution in [0.3, 0.4) is 0 Å². The summed E-state index contributed by atoms with van der Waals surface area (Å²) in [5.74, 6) is 0.993. The maximum atomic E-state index is 12.5. The second kappa shape index (κ2) is 7.04. The van der Waals surface area contributed by atoms with Gasteiger partial charge in [-0.3, -0.25) is 9.48 Å². The van der Waals surface area contributed by atoms with Crippen molar-refractivity contribution in [1.82, 2.24) is 20.0 Å². The fourth-order valence-corrected chi connectivity index (χ4v) is 3.45. The van der Waals surface area contributed by atoms with Gasteiger partial charge >= 0.3 is 0 Å². The van der Waals surface area contributed by atoms with Gasteiger partial charge in [0.25, 0.3) is 5.91 Å². The molecule has 0 bridgehead atoms. The SMILES string of the molecule is CCC(C)n1ncc(C(=O)NC2CCN(CC3CC3)CC2)c1C. The van der Waals surface area contributed by atoms with Crippen LogP contribution in [0.25, 0.3) is 0 Å². The summed E-state index contributed by atoms with van der Waals surface area (Å²) >= 11 is 0. The third-order valence-corrected chi connectivity index (χ3v) is 5.43. The number of piperidine rings is 1. The van der Waals surface area contributed by atoms with Crippen molar-refractivity contribution < 1.29 is 4.79 Å². The molecule has 128 valence electrons. The van der Waals surface area contributed by atoms with E-state index in [2.05, 4.69) is 29.2 Å². The van der Waals surface area contributed by atoms with Crippen LogP contribution >= 0.6 is 0 Å². The van der Waals surface area contributed by atoms with Crippen molar-refractivity contribution in [3.05, 3.63) is 17.5 Å². The molecule has 1 aliphatic heterocycles. The first-order valence-corrected chi connectivity index (χ1v) is 9.15. The van der Waals surface area contributed by atoms with Gasteiger partial charge in [-0.15, -0.1) is 0 Å². The van der Waals surface area contributed by atoms with E-state index in [0.717, 1.165) is 49.5 Å². The van der Waals surface area contributed by atoms with Gasteiger partial charge in [-0.1, -0.05) is 6.92 Å². The van der Waals surface area contributed by atoms with Crippen molar-refractivity contribution in [3.63, 3.8) is 0 Å². The Balaban J connectivity index is 1.52. The minimum atomic E-state index is 0.0395. The van der Waals surface area contributed by atoms with Crippen LogP contribution in [-0.2, 0) is 0 Å². The molecule has 5 nitrogen and oxygen atoms in total. The second-order valence-corrected chi connectivity index (χ2v) is 7.34. The Morgan fingerprint density at radius 1 is 1.35 bits per heavy atom. The zero-order valence-corrected chi connectivity index (χ0v) is 14.7. The summed E-state index contributed by atoms with van der Waals surface area (Å²) in [6.07, 6.45) is 7.70. The topological polar surface area (TPSA) is 50.2 Å².